The molecule has 2 aromatic carbocycles. The number of ether oxygens (including phenoxy) is 1. The number of carbonyl (C=O) groups excluding carboxylic acids is 2. The smallest absolute Gasteiger partial charge is 0.324 e. The first-order chi connectivity index (χ1) is 13.7. The highest BCUT2D eigenvalue weighted by Crippen LogP contribution is 2.22. The molecule has 9 heteroatoms. The molecule has 1 atom stereocenters. The normalized spacial score (nSPS) is 12.7. The summed E-state index contributed by atoms with van der Waals surface area (Å²) in [5, 5.41) is 0.708. The predicted molar refractivity (Wildman–Crippen MR) is 105 cm³/mol. The van der Waals surface area contributed by atoms with Crippen LogP contribution in [0, 0.1) is 12.7 Å². The summed E-state index contributed by atoms with van der Waals surface area (Å²) in [6.45, 7) is 2.44. The van der Waals surface area contributed by atoms with Crippen LogP contribution >= 0.6 is 0 Å². The number of esters is 1. The minimum atomic E-state index is -4.27. The van der Waals surface area contributed by atoms with Gasteiger partial charge in [-0.1, -0.05) is 30.3 Å². The van der Waals surface area contributed by atoms with Crippen molar-refractivity contribution in [3.63, 3.8) is 0 Å². The van der Waals surface area contributed by atoms with Crippen LogP contribution in [0.1, 0.15) is 23.0 Å². The van der Waals surface area contributed by atoms with E-state index in [0.717, 1.165) is 17.6 Å². The van der Waals surface area contributed by atoms with E-state index in [9.17, 15) is 22.4 Å². The zero-order valence-corrected chi connectivity index (χ0v) is 16.5. The lowest BCUT2D eigenvalue weighted by molar-refractivity contribution is -0.144. The summed E-state index contributed by atoms with van der Waals surface area (Å²) in [6, 6.07) is 10.7. The van der Waals surface area contributed by atoms with Gasteiger partial charge < -0.3 is 9.72 Å². The highest BCUT2D eigenvalue weighted by Gasteiger charge is 2.26. The molecule has 0 amide bonds. The molecule has 152 valence electrons. The molecule has 0 bridgehead atoms. The lowest BCUT2D eigenvalue weighted by Crippen LogP contribution is -2.40. The number of nitrogens with one attached hydrogen (secondary N) is 2. The second-order valence-electron chi connectivity index (χ2n) is 6.47. The van der Waals surface area contributed by atoms with Crippen molar-refractivity contribution in [2.75, 3.05) is 6.61 Å². The minimum absolute atomic E-state index is 0.410. The van der Waals surface area contributed by atoms with E-state index >= 15 is 0 Å². The maximum absolute atomic E-state index is 13.7. The number of H-pyrrole nitrogens is 1. The number of carbonyl (C=O) groups is 2. The molecule has 0 unspecified atom stereocenters. The Morgan fingerprint density at radius 2 is 1.79 bits per heavy atom. The Morgan fingerprint density at radius 3 is 2.52 bits per heavy atom. The first-order valence-corrected chi connectivity index (χ1v) is 10.2. The third-order valence-electron chi connectivity index (χ3n) is 4.33. The Morgan fingerprint density at radius 1 is 1.14 bits per heavy atom. The number of halogens is 1. The zero-order valence-electron chi connectivity index (χ0n) is 15.7. The zero-order chi connectivity index (χ0) is 21.2. The summed E-state index contributed by atoms with van der Waals surface area (Å²) in [4.78, 5) is 27.2. The lowest BCUT2D eigenvalue weighted by Gasteiger charge is -2.14. The number of hydrogen-bond acceptors (Lipinski definition) is 5. The Balaban J connectivity index is 1.66. The van der Waals surface area contributed by atoms with Gasteiger partial charge in [-0.3, -0.25) is 9.59 Å². The molecule has 3 rings (SSSR count). The summed E-state index contributed by atoms with van der Waals surface area (Å²) < 4.78 is 45.3. The summed E-state index contributed by atoms with van der Waals surface area (Å²) in [7, 11) is -4.27. The van der Waals surface area contributed by atoms with Crippen LogP contribution < -0.4 is 4.72 Å². The summed E-state index contributed by atoms with van der Waals surface area (Å²) in [5.41, 5.74) is 1.83. The molecule has 1 aromatic heterocycles. The minimum Gasteiger partial charge on any atom is -0.456 e. The molecular weight excluding hydrogens is 399 g/mol. The van der Waals surface area contributed by atoms with Gasteiger partial charge in [0.25, 0.3) is 0 Å². The van der Waals surface area contributed by atoms with Crippen LogP contribution in [0.3, 0.4) is 0 Å². The van der Waals surface area contributed by atoms with Gasteiger partial charge in [-0.05, 0) is 32.0 Å². The lowest BCUT2D eigenvalue weighted by atomic mass is 10.1. The Kier molecular flexibility index (Phi) is 5.81. The first kappa shape index (κ1) is 20.7. The monoisotopic (exact) mass is 418 g/mol. The van der Waals surface area contributed by atoms with Crippen LogP contribution in [0.15, 0.2) is 53.4 Å². The van der Waals surface area contributed by atoms with Crippen molar-refractivity contribution in [2.45, 2.75) is 24.8 Å². The predicted octanol–water partition coefficient (Wildman–Crippen LogP) is 2.71. The fourth-order valence-corrected chi connectivity index (χ4v) is 4.25. The fourth-order valence-electron chi connectivity index (χ4n) is 2.98. The number of fused-ring (bicyclic) bond motifs is 1. The van der Waals surface area contributed by atoms with Crippen LogP contribution in [-0.2, 0) is 19.6 Å². The molecule has 2 N–H and O–H groups in total. The molecule has 0 fully saturated rings. The quantitative estimate of drug-likeness (QED) is 0.453. The van der Waals surface area contributed by atoms with Gasteiger partial charge in [-0.25, -0.2) is 12.8 Å². The van der Waals surface area contributed by atoms with E-state index in [4.69, 9.17) is 4.74 Å². The largest absolute Gasteiger partial charge is 0.456 e. The number of sulfonamides is 1. The van der Waals surface area contributed by atoms with Gasteiger partial charge >= 0.3 is 5.97 Å². The highest BCUT2D eigenvalue weighted by atomic mass is 32.2. The Labute approximate surface area is 166 Å². The van der Waals surface area contributed by atoms with Crippen molar-refractivity contribution < 1.29 is 27.1 Å². The topological polar surface area (TPSA) is 105 Å². The second-order valence-corrected chi connectivity index (χ2v) is 8.16. The molecular formula is C20H19FN2O5S. The van der Waals surface area contributed by atoms with Crippen molar-refractivity contribution in [3.05, 3.63) is 65.6 Å². The Hall–Kier alpha value is -3.04. The molecule has 1 heterocycles. The molecule has 0 spiro atoms. The van der Waals surface area contributed by atoms with Gasteiger partial charge in [-0.15, -0.1) is 0 Å². The number of benzene rings is 2. The van der Waals surface area contributed by atoms with Gasteiger partial charge in [-0.2, -0.15) is 4.72 Å². The van der Waals surface area contributed by atoms with E-state index in [1.165, 1.54) is 19.1 Å². The molecule has 3 aromatic rings. The third kappa shape index (κ3) is 4.36. The van der Waals surface area contributed by atoms with E-state index in [1.54, 1.807) is 19.1 Å². The van der Waals surface area contributed by atoms with E-state index in [1.807, 2.05) is 12.1 Å². The van der Waals surface area contributed by atoms with Gasteiger partial charge in [0.05, 0.1) is 0 Å². The third-order valence-corrected chi connectivity index (χ3v) is 5.90. The standard InChI is InChI=1S/C20H19FN2O5S/c1-12-19(14-7-3-5-9-16(14)22-12)17(24)11-28-20(25)13(2)23-29(26,27)18-10-6-4-8-15(18)21/h3-10,13,22-23H,11H2,1-2H3/t13-/m1/s1. The second kappa shape index (κ2) is 8.14. The van der Waals surface area contributed by atoms with Crippen LogP contribution in [0.2, 0.25) is 0 Å². The molecule has 0 aliphatic carbocycles. The summed E-state index contributed by atoms with van der Waals surface area (Å²) >= 11 is 0. The van der Waals surface area contributed by atoms with Crippen molar-refractivity contribution in [1.82, 2.24) is 9.71 Å². The van der Waals surface area contributed by atoms with Gasteiger partial charge in [0.1, 0.15) is 16.8 Å². The first-order valence-electron chi connectivity index (χ1n) is 8.74. The van der Waals surface area contributed by atoms with Gasteiger partial charge in [0.15, 0.2) is 6.61 Å². The summed E-state index contributed by atoms with van der Waals surface area (Å²) in [5.74, 6) is -2.31. The van der Waals surface area contributed by atoms with Crippen LogP contribution in [0.5, 0.6) is 0 Å². The molecule has 29 heavy (non-hydrogen) atoms. The van der Waals surface area contributed by atoms with E-state index in [2.05, 4.69) is 9.71 Å². The molecule has 0 saturated heterocycles. The average molecular weight is 418 g/mol. The van der Waals surface area contributed by atoms with Crippen molar-refractivity contribution >= 4 is 32.7 Å². The number of hydrogen-bond donors (Lipinski definition) is 2. The van der Waals surface area contributed by atoms with Crippen LogP contribution in [0.25, 0.3) is 10.9 Å². The van der Waals surface area contributed by atoms with E-state index < -0.39 is 45.1 Å². The average Bonchev–Trinajstić information content (AvgIpc) is 3.01. The maximum Gasteiger partial charge on any atom is 0.324 e. The number of aryl methyl sites for hydroxylation is 1. The number of aromatic amines is 1. The number of para-hydroxylation sites is 1. The molecule has 7 nitrogen and oxygen atoms in total. The van der Waals surface area contributed by atoms with E-state index in [0.29, 0.717) is 16.6 Å². The number of Topliss-reactive ketones (excluding diaryl/α,β-unsaturated/α-hetero) is 1. The number of ketones is 1. The fraction of sp³-hybridized carbons (Fsp3) is 0.200. The highest BCUT2D eigenvalue weighted by molar-refractivity contribution is 7.89. The summed E-state index contributed by atoms with van der Waals surface area (Å²) in [6.07, 6.45) is 0. The van der Waals surface area contributed by atoms with Crippen LogP contribution in [0.4, 0.5) is 4.39 Å². The number of rotatable bonds is 7. The van der Waals surface area contributed by atoms with Gasteiger partial charge in [0, 0.05) is 22.2 Å². The maximum atomic E-state index is 13.7. The van der Waals surface area contributed by atoms with Crippen LogP contribution in [-0.4, -0.2) is 37.8 Å². The Bertz CT molecular complexity index is 1190. The van der Waals surface area contributed by atoms with Gasteiger partial charge in [0.2, 0.25) is 15.8 Å². The van der Waals surface area contributed by atoms with E-state index in [-0.39, 0.29) is 0 Å². The van der Waals surface area contributed by atoms with Crippen molar-refractivity contribution in [3.8, 4) is 0 Å². The molecule has 0 saturated carbocycles. The SMILES string of the molecule is Cc1[nH]c2ccccc2c1C(=O)COC(=O)[C@@H](C)NS(=O)(=O)c1ccccc1F. The molecule has 0 aliphatic heterocycles. The van der Waals surface area contributed by atoms with Crippen molar-refractivity contribution in [2.24, 2.45) is 0 Å². The molecule has 0 radical (unpaired) electrons. The van der Waals surface area contributed by atoms with Crippen molar-refractivity contribution in [1.29, 1.82) is 0 Å². The molecule has 0 aliphatic rings. The number of aromatic nitrogens is 1.